The van der Waals surface area contributed by atoms with Gasteiger partial charge in [-0.15, -0.1) is 0 Å². The van der Waals surface area contributed by atoms with Crippen molar-refractivity contribution in [1.82, 2.24) is 5.48 Å². The molecule has 10 heavy (non-hydrogen) atoms. The second kappa shape index (κ2) is 7.03. The van der Waals surface area contributed by atoms with E-state index >= 15 is 0 Å². The van der Waals surface area contributed by atoms with E-state index in [-0.39, 0.29) is 0 Å². The van der Waals surface area contributed by atoms with E-state index in [1.807, 2.05) is 0 Å². The molecule has 0 bridgehead atoms. The minimum Gasteiger partial charge on any atom is -0.305 e. The summed E-state index contributed by atoms with van der Waals surface area (Å²) in [5, 5.41) is 0. The molecule has 0 aromatic carbocycles. The van der Waals surface area contributed by atoms with E-state index in [9.17, 15) is 0 Å². The standard InChI is InChI=1S/C8H19NO/c1-4-6-8(7-5-2)9-10-3/h8-9H,4-7H2,1-3H3. The fraction of sp³-hybridized carbons (Fsp3) is 1.00. The molecule has 0 atom stereocenters. The summed E-state index contributed by atoms with van der Waals surface area (Å²) < 4.78 is 0. The van der Waals surface area contributed by atoms with Crippen molar-refractivity contribution in [3.05, 3.63) is 0 Å². The van der Waals surface area contributed by atoms with Gasteiger partial charge in [0.1, 0.15) is 0 Å². The van der Waals surface area contributed by atoms with Crippen LogP contribution in [0.5, 0.6) is 0 Å². The first kappa shape index (κ1) is 9.92. The number of hydroxylamine groups is 1. The molecule has 0 aromatic heterocycles. The topological polar surface area (TPSA) is 21.3 Å². The van der Waals surface area contributed by atoms with Crippen molar-refractivity contribution in [2.75, 3.05) is 7.11 Å². The Morgan fingerprint density at radius 2 is 1.70 bits per heavy atom. The van der Waals surface area contributed by atoms with E-state index in [0.29, 0.717) is 6.04 Å². The van der Waals surface area contributed by atoms with Gasteiger partial charge in [0.2, 0.25) is 0 Å². The average Bonchev–Trinajstić information content (AvgIpc) is 1.90. The highest BCUT2D eigenvalue weighted by Crippen LogP contribution is 2.03. The van der Waals surface area contributed by atoms with Crippen LogP contribution in [0.25, 0.3) is 0 Å². The Balaban J connectivity index is 3.30. The van der Waals surface area contributed by atoms with Crippen molar-refractivity contribution >= 4 is 0 Å². The van der Waals surface area contributed by atoms with Crippen molar-refractivity contribution in [3.8, 4) is 0 Å². The first-order chi connectivity index (χ1) is 4.85. The molecular weight excluding hydrogens is 126 g/mol. The summed E-state index contributed by atoms with van der Waals surface area (Å²) in [5.41, 5.74) is 2.98. The summed E-state index contributed by atoms with van der Waals surface area (Å²) in [6.07, 6.45) is 4.87. The zero-order valence-corrected chi connectivity index (χ0v) is 7.31. The first-order valence-corrected chi connectivity index (χ1v) is 4.13. The van der Waals surface area contributed by atoms with Crippen molar-refractivity contribution in [2.24, 2.45) is 0 Å². The molecule has 0 aliphatic carbocycles. The quantitative estimate of drug-likeness (QED) is 0.578. The molecule has 0 amide bonds. The predicted molar refractivity (Wildman–Crippen MR) is 43.7 cm³/mol. The Morgan fingerprint density at radius 1 is 1.20 bits per heavy atom. The molecule has 62 valence electrons. The predicted octanol–water partition coefficient (Wildman–Crippen LogP) is 2.11. The minimum atomic E-state index is 0.556. The second-order valence-corrected chi connectivity index (χ2v) is 2.60. The van der Waals surface area contributed by atoms with Gasteiger partial charge in [0.05, 0.1) is 7.11 Å². The Kier molecular flexibility index (Phi) is 6.98. The molecule has 0 saturated heterocycles. The van der Waals surface area contributed by atoms with E-state index < -0.39 is 0 Å². The zero-order valence-electron chi connectivity index (χ0n) is 7.31. The van der Waals surface area contributed by atoms with E-state index in [1.54, 1.807) is 7.11 Å². The highest BCUT2D eigenvalue weighted by atomic mass is 16.6. The summed E-state index contributed by atoms with van der Waals surface area (Å²) in [5.74, 6) is 0. The molecule has 0 spiro atoms. The summed E-state index contributed by atoms with van der Waals surface area (Å²) >= 11 is 0. The fourth-order valence-corrected chi connectivity index (χ4v) is 1.13. The SMILES string of the molecule is CCCC(CCC)NOC. The van der Waals surface area contributed by atoms with E-state index in [2.05, 4.69) is 19.3 Å². The van der Waals surface area contributed by atoms with Crippen molar-refractivity contribution in [2.45, 2.75) is 45.6 Å². The van der Waals surface area contributed by atoms with Crippen molar-refractivity contribution < 1.29 is 4.84 Å². The number of rotatable bonds is 6. The Bertz CT molecular complexity index is 52.0. The van der Waals surface area contributed by atoms with Crippen LogP contribution in [0.4, 0.5) is 0 Å². The minimum absolute atomic E-state index is 0.556. The van der Waals surface area contributed by atoms with E-state index in [4.69, 9.17) is 4.84 Å². The smallest absolute Gasteiger partial charge is 0.0572 e. The molecule has 0 saturated carbocycles. The van der Waals surface area contributed by atoms with E-state index in [0.717, 1.165) is 0 Å². The van der Waals surface area contributed by atoms with Gasteiger partial charge < -0.3 is 4.84 Å². The van der Waals surface area contributed by atoms with Crippen LogP contribution in [-0.2, 0) is 4.84 Å². The lowest BCUT2D eigenvalue weighted by atomic mass is 10.1. The summed E-state index contributed by atoms with van der Waals surface area (Å²) in [6.45, 7) is 4.39. The number of nitrogens with one attached hydrogen (secondary N) is 1. The monoisotopic (exact) mass is 145 g/mol. The van der Waals surface area contributed by atoms with Gasteiger partial charge in [0.25, 0.3) is 0 Å². The van der Waals surface area contributed by atoms with E-state index in [1.165, 1.54) is 25.7 Å². The van der Waals surface area contributed by atoms with Crippen LogP contribution in [0.1, 0.15) is 39.5 Å². The van der Waals surface area contributed by atoms with Crippen LogP contribution in [0.15, 0.2) is 0 Å². The van der Waals surface area contributed by atoms with Crippen LogP contribution in [0.2, 0.25) is 0 Å². The summed E-state index contributed by atoms with van der Waals surface area (Å²) in [7, 11) is 1.68. The molecule has 0 aliphatic rings. The Hall–Kier alpha value is -0.0800. The largest absolute Gasteiger partial charge is 0.305 e. The normalized spacial score (nSPS) is 10.8. The lowest BCUT2D eigenvalue weighted by Crippen LogP contribution is -2.27. The maximum Gasteiger partial charge on any atom is 0.0572 e. The average molecular weight is 145 g/mol. The zero-order chi connectivity index (χ0) is 7.82. The molecule has 1 N–H and O–H groups in total. The molecule has 0 radical (unpaired) electrons. The third-order valence-corrected chi connectivity index (χ3v) is 1.56. The molecule has 0 aromatic rings. The van der Waals surface area contributed by atoms with Gasteiger partial charge in [-0.3, -0.25) is 0 Å². The van der Waals surface area contributed by atoms with Gasteiger partial charge in [-0.05, 0) is 12.8 Å². The van der Waals surface area contributed by atoms with Gasteiger partial charge in [-0.2, -0.15) is 5.48 Å². The maximum atomic E-state index is 4.86. The highest BCUT2D eigenvalue weighted by Gasteiger charge is 2.03. The van der Waals surface area contributed by atoms with Crippen molar-refractivity contribution in [3.63, 3.8) is 0 Å². The number of hydrogen-bond donors (Lipinski definition) is 1. The van der Waals surface area contributed by atoms with Gasteiger partial charge in [-0.1, -0.05) is 26.7 Å². The highest BCUT2D eigenvalue weighted by molar-refractivity contribution is 4.59. The third kappa shape index (κ3) is 4.77. The third-order valence-electron chi connectivity index (χ3n) is 1.56. The molecule has 0 heterocycles. The molecular formula is C8H19NO. The first-order valence-electron chi connectivity index (χ1n) is 4.13. The lowest BCUT2D eigenvalue weighted by molar-refractivity contribution is 0.0549. The van der Waals surface area contributed by atoms with Gasteiger partial charge in [0.15, 0.2) is 0 Å². The molecule has 0 aliphatic heterocycles. The van der Waals surface area contributed by atoms with Crippen LogP contribution < -0.4 is 5.48 Å². The fourth-order valence-electron chi connectivity index (χ4n) is 1.13. The second-order valence-electron chi connectivity index (χ2n) is 2.60. The van der Waals surface area contributed by atoms with Crippen LogP contribution in [0, 0.1) is 0 Å². The molecule has 0 unspecified atom stereocenters. The molecule has 2 heteroatoms. The molecule has 0 rings (SSSR count). The number of hydrogen-bond acceptors (Lipinski definition) is 2. The lowest BCUT2D eigenvalue weighted by Gasteiger charge is -2.14. The molecule has 2 nitrogen and oxygen atoms in total. The van der Waals surface area contributed by atoms with Crippen LogP contribution in [-0.4, -0.2) is 13.2 Å². The summed E-state index contributed by atoms with van der Waals surface area (Å²) in [4.78, 5) is 4.86. The maximum absolute atomic E-state index is 4.86. The van der Waals surface area contributed by atoms with Crippen LogP contribution in [0.3, 0.4) is 0 Å². The van der Waals surface area contributed by atoms with Gasteiger partial charge in [0, 0.05) is 6.04 Å². The Morgan fingerprint density at radius 3 is 2.00 bits per heavy atom. The van der Waals surface area contributed by atoms with Gasteiger partial charge in [-0.25, -0.2) is 0 Å². The van der Waals surface area contributed by atoms with Crippen molar-refractivity contribution in [1.29, 1.82) is 0 Å². The molecule has 0 fully saturated rings. The van der Waals surface area contributed by atoms with Gasteiger partial charge >= 0.3 is 0 Å². The van der Waals surface area contributed by atoms with Crippen LogP contribution >= 0.6 is 0 Å². The Labute approximate surface area is 63.9 Å². The summed E-state index contributed by atoms with van der Waals surface area (Å²) in [6, 6.07) is 0.556.